The van der Waals surface area contributed by atoms with Gasteiger partial charge in [-0.25, -0.2) is 4.79 Å². The van der Waals surface area contributed by atoms with Crippen LogP contribution in [0, 0.1) is 0 Å². The van der Waals surface area contributed by atoms with Gasteiger partial charge in [0.1, 0.15) is 11.4 Å². The van der Waals surface area contributed by atoms with Crippen LogP contribution in [0.25, 0.3) is 0 Å². The second kappa shape index (κ2) is 12.3. The number of ether oxygens (including phenoxy) is 4. The van der Waals surface area contributed by atoms with Gasteiger partial charge in [0.2, 0.25) is 0 Å². The second-order valence-corrected chi connectivity index (χ2v) is 9.90. The van der Waals surface area contributed by atoms with Crippen molar-refractivity contribution in [3.63, 3.8) is 0 Å². The Hall–Kier alpha value is -2.32. The molecule has 36 heavy (non-hydrogen) atoms. The molecule has 1 unspecified atom stereocenters. The summed E-state index contributed by atoms with van der Waals surface area (Å²) in [7, 11) is 0. The molecule has 4 atom stereocenters. The molecule has 0 aromatic heterocycles. The van der Waals surface area contributed by atoms with Gasteiger partial charge in [-0.05, 0) is 54.7 Å². The van der Waals surface area contributed by atoms with Crippen molar-refractivity contribution in [3.8, 4) is 5.75 Å². The van der Waals surface area contributed by atoms with Crippen molar-refractivity contribution in [2.24, 2.45) is 0 Å². The van der Waals surface area contributed by atoms with Gasteiger partial charge in [0.05, 0.1) is 32.0 Å². The Labute approximate surface area is 218 Å². The summed E-state index contributed by atoms with van der Waals surface area (Å²) in [5.41, 5.74) is 2.02. The first-order valence-corrected chi connectivity index (χ1v) is 13.2. The van der Waals surface area contributed by atoms with E-state index < -0.39 is 17.8 Å². The number of carbonyl (C=O) groups excluding carboxylic acids is 1. The molecule has 0 spiro atoms. The molecule has 8 heteroatoms. The molecule has 2 heterocycles. The Balaban J connectivity index is 1.57. The number of unbranched alkanes of at least 4 members (excludes halogenated alkanes) is 1. The topological polar surface area (TPSA) is 86.3 Å². The summed E-state index contributed by atoms with van der Waals surface area (Å²) in [6.07, 6.45) is 2.20. The molecule has 2 N–H and O–H groups in total. The van der Waals surface area contributed by atoms with Gasteiger partial charge < -0.3 is 29.4 Å². The fourth-order valence-corrected chi connectivity index (χ4v) is 5.11. The Kier molecular flexibility index (Phi) is 9.12. The Bertz CT molecular complexity index is 1020. The normalized spacial score (nSPS) is 25.9. The maximum Gasteiger partial charge on any atom is 0.407 e. The number of aliphatic hydroxyl groups is 1. The number of aliphatic hydroxyl groups excluding tert-OH is 1. The van der Waals surface area contributed by atoms with Crippen LogP contribution in [0.15, 0.2) is 42.5 Å². The van der Waals surface area contributed by atoms with Crippen LogP contribution in [0.1, 0.15) is 62.3 Å². The summed E-state index contributed by atoms with van der Waals surface area (Å²) in [4.78, 5) is 11.8. The molecule has 2 fully saturated rings. The molecule has 2 aromatic rings. The minimum absolute atomic E-state index is 0.132. The molecule has 4 rings (SSSR count). The van der Waals surface area contributed by atoms with E-state index in [1.54, 1.807) is 0 Å². The molecule has 0 saturated carbocycles. The average Bonchev–Trinajstić information content (AvgIpc) is 3.33. The van der Waals surface area contributed by atoms with Crippen LogP contribution in [0.5, 0.6) is 5.75 Å². The van der Waals surface area contributed by atoms with Crippen LogP contribution in [-0.2, 0) is 20.6 Å². The molecule has 2 aliphatic rings. The van der Waals surface area contributed by atoms with Crippen LogP contribution in [0.4, 0.5) is 4.79 Å². The minimum atomic E-state index is -1.05. The highest BCUT2D eigenvalue weighted by Gasteiger charge is 2.51. The van der Waals surface area contributed by atoms with Gasteiger partial charge in [0.25, 0.3) is 0 Å². The highest BCUT2D eigenvalue weighted by atomic mass is 35.5. The first-order valence-electron chi connectivity index (χ1n) is 12.8. The van der Waals surface area contributed by atoms with E-state index in [0.717, 1.165) is 35.3 Å². The smallest absolute Gasteiger partial charge is 0.407 e. The lowest BCUT2D eigenvalue weighted by molar-refractivity contribution is -0.223. The number of nitrogens with one attached hydrogen (secondary N) is 1. The van der Waals surface area contributed by atoms with E-state index >= 15 is 0 Å². The van der Waals surface area contributed by atoms with E-state index in [0.29, 0.717) is 37.5 Å². The second-order valence-electron chi connectivity index (χ2n) is 9.49. The van der Waals surface area contributed by atoms with E-state index in [-0.39, 0.29) is 25.4 Å². The van der Waals surface area contributed by atoms with E-state index in [1.807, 2.05) is 43.3 Å². The number of carbonyl (C=O) groups is 1. The number of rotatable bonds is 11. The molecule has 1 amide bonds. The molecule has 0 aliphatic carbocycles. The summed E-state index contributed by atoms with van der Waals surface area (Å²) < 4.78 is 23.8. The third-order valence-corrected chi connectivity index (χ3v) is 7.25. The van der Waals surface area contributed by atoms with Crippen LogP contribution in [-0.4, -0.2) is 55.4 Å². The Morgan fingerprint density at radius 3 is 2.67 bits per heavy atom. The highest BCUT2D eigenvalue weighted by Crippen LogP contribution is 2.42. The third kappa shape index (κ3) is 6.32. The maximum atomic E-state index is 11.8. The number of hydrogen-bond acceptors (Lipinski definition) is 6. The maximum absolute atomic E-state index is 11.8. The van der Waals surface area contributed by atoms with Crippen molar-refractivity contribution in [2.75, 3.05) is 26.4 Å². The summed E-state index contributed by atoms with van der Waals surface area (Å²) in [5.74, 6) is 0.841. The first-order chi connectivity index (χ1) is 17.5. The number of alkyl carbamates (subject to hydrolysis) is 1. The molecule has 2 aromatic carbocycles. The third-order valence-electron chi connectivity index (χ3n) is 6.88. The molecule has 0 radical (unpaired) electrons. The number of cyclic esters (lactones) is 1. The van der Waals surface area contributed by atoms with Crippen LogP contribution >= 0.6 is 11.6 Å². The van der Waals surface area contributed by atoms with Crippen molar-refractivity contribution in [1.29, 1.82) is 0 Å². The number of halogens is 1. The molecular weight excluding hydrogens is 482 g/mol. The van der Waals surface area contributed by atoms with Crippen molar-refractivity contribution in [1.82, 2.24) is 5.32 Å². The SMILES string of the molecule is CCCCO[C@@H]1C[C@H](c2ccc(Cl)c(Cc3ccc(OCC)cc3)c2)O[C@](CO)(C2CNC(=O)O2)C1. The molecular formula is C28H36ClNO6. The molecule has 196 valence electrons. The zero-order chi connectivity index (χ0) is 25.5. The predicted octanol–water partition coefficient (Wildman–Crippen LogP) is 5.21. The van der Waals surface area contributed by atoms with Crippen molar-refractivity contribution >= 4 is 17.7 Å². The van der Waals surface area contributed by atoms with Gasteiger partial charge in [-0.1, -0.05) is 49.2 Å². The van der Waals surface area contributed by atoms with Crippen LogP contribution in [0.2, 0.25) is 5.02 Å². The fraction of sp³-hybridized carbons (Fsp3) is 0.536. The van der Waals surface area contributed by atoms with E-state index in [4.69, 9.17) is 30.5 Å². The lowest BCUT2D eigenvalue weighted by Gasteiger charge is -2.45. The largest absolute Gasteiger partial charge is 0.494 e. The summed E-state index contributed by atoms with van der Waals surface area (Å²) >= 11 is 6.59. The Morgan fingerprint density at radius 1 is 1.19 bits per heavy atom. The molecule has 0 bridgehead atoms. The number of hydrogen-bond donors (Lipinski definition) is 2. The summed E-state index contributed by atoms with van der Waals surface area (Å²) in [6.45, 7) is 5.37. The van der Waals surface area contributed by atoms with Crippen molar-refractivity contribution in [2.45, 2.75) is 69.9 Å². The quantitative estimate of drug-likeness (QED) is 0.398. The van der Waals surface area contributed by atoms with E-state index in [2.05, 4.69) is 18.3 Å². The highest BCUT2D eigenvalue weighted by molar-refractivity contribution is 6.31. The standard InChI is InChI=1S/C28H36ClNO6/c1-3-5-12-34-23-15-25(36-28(16-23,18-31)26-17-30-27(32)35-26)20-8-11-24(29)21(14-20)13-19-6-9-22(10-7-19)33-4-2/h6-11,14,23,25-26,31H,3-5,12-13,15-18H2,1-2H3,(H,30,32)/t23-,25-,26?,28-/m1/s1. The van der Waals surface area contributed by atoms with E-state index in [1.165, 1.54) is 0 Å². The van der Waals surface area contributed by atoms with Crippen LogP contribution in [0.3, 0.4) is 0 Å². The predicted molar refractivity (Wildman–Crippen MR) is 138 cm³/mol. The van der Waals surface area contributed by atoms with Crippen LogP contribution < -0.4 is 10.1 Å². The van der Waals surface area contributed by atoms with Gasteiger partial charge in [0.15, 0.2) is 6.10 Å². The molecule has 2 aliphatic heterocycles. The minimum Gasteiger partial charge on any atom is -0.494 e. The van der Waals surface area contributed by atoms with E-state index in [9.17, 15) is 9.90 Å². The summed E-state index contributed by atoms with van der Waals surface area (Å²) in [5, 5.41) is 13.8. The van der Waals surface area contributed by atoms with Crippen molar-refractivity contribution < 1.29 is 28.8 Å². The van der Waals surface area contributed by atoms with Gasteiger partial charge in [0, 0.05) is 24.5 Å². The lowest BCUT2D eigenvalue weighted by atomic mass is 9.83. The molecule has 7 nitrogen and oxygen atoms in total. The lowest BCUT2D eigenvalue weighted by Crippen LogP contribution is -2.56. The first kappa shape index (κ1) is 26.7. The number of amides is 1. The Morgan fingerprint density at radius 2 is 2.00 bits per heavy atom. The zero-order valence-electron chi connectivity index (χ0n) is 21.0. The van der Waals surface area contributed by atoms with Gasteiger partial charge in [-0.15, -0.1) is 0 Å². The fourth-order valence-electron chi connectivity index (χ4n) is 4.93. The summed E-state index contributed by atoms with van der Waals surface area (Å²) in [6, 6.07) is 13.9. The monoisotopic (exact) mass is 517 g/mol. The number of benzene rings is 2. The molecule has 2 saturated heterocycles. The van der Waals surface area contributed by atoms with Gasteiger partial charge in [-0.3, -0.25) is 0 Å². The zero-order valence-corrected chi connectivity index (χ0v) is 21.8. The van der Waals surface area contributed by atoms with Gasteiger partial charge >= 0.3 is 6.09 Å². The van der Waals surface area contributed by atoms with Gasteiger partial charge in [-0.2, -0.15) is 0 Å². The average molecular weight is 518 g/mol. The van der Waals surface area contributed by atoms with Crippen molar-refractivity contribution in [3.05, 3.63) is 64.2 Å².